The van der Waals surface area contributed by atoms with Crippen molar-refractivity contribution in [2.75, 3.05) is 5.75 Å². The number of halogens is 1. The van der Waals surface area contributed by atoms with Crippen molar-refractivity contribution in [3.05, 3.63) is 28.2 Å². The maximum atomic E-state index is 11.8. The van der Waals surface area contributed by atoms with E-state index in [0.717, 1.165) is 0 Å². The highest BCUT2D eigenvalue weighted by Crippen LogP contribution is 2.21. The number of amides is 1. The Morgan fingerprint density at radius 1 is 1.44 bits per heavy atom. The third-order valence-electron chi connectivity index (χ3n) is 2.22. The molecule has 0 heterocycles. The van der Waals surface area contributed by atoms with Crippen molar-refractivity contribution in [2.45, 2.75) is 12.5 Å². The fraction of sp³-hybridized carbons (Fsp3) is 0.273. The van der Waals surface area contributed by atoms with Crippen molar-refractivity contribution in [1.82, 2.24) is 5.32 Å². The molecular formula is C11H12BrNO4S. The first-order chi connectivity index (χ1) is 8.45. The third kappa shape index (κ3) is 3.92. The number of aliphatic carboxylic acids is 1. The Morgan fingerprint density at radius 3 is 2.67 bits per heavy atom. The molecule has 0 spiro atoms. The Labute approximate surface area is 118 Å². The molecule has 1 aromatic rings. The van der Waals surface area contributed by atoms with Gasteiger partial charge in [0.25, 0.3) is 5.91 Å². The number of rotatable bonds is 5. The maximum Gasteiger partial charge on any atom is 0.326 e. The van der Waals surface area contributed by atoms with Crippen molar-refractivity contribution in [3.8, 4) is 5.75 Å². The number of carbonyl (C=O) groups is 2. The lowest BCUT2D eigenvalue weighted by Crippen LogP contribution is -2.41. The lowest BCUT2D eigenvalue weighted by molar-refractivity contribution is -0.139. The van der Waals surface area contributed by atoms with Crippen LogP contribution in [0.1, 0.15) is 16.8 Å². The number of carboxylic acid groups (broad SMARTS) is 1. The van der Waals surface area contributed by atoms with E-state index in [4.69, 9.17) is 5.11 Å². The van der Waals surface area contributed by atoms with Crippen LogP contribution in [0.2, 0.25) is 0 Å². The Hall–Kier alpha value is -1.21. The molecule has 5 nitrogen and oxygen atoms in total. The minimum atomic E-state index is -1.13. The van der Waals surface area contributed by atoms with Gasteiger partial charge in [0.05, 0.1) is 5.56 Å². The second-order valence-electron chi connectivity index (χ2n) is 3.54. The monoisotopic (exact) mass is 333 g/mol. The van der Waals surface area contributed by atoms with Gasteiger partial charge in [-0.2, -0.15) is 12.6 Å². The fourth-order valence-electron chi connectivity index (χ4n) is 1.31. The van der Waals surface area contributed by atoms with Crippen LogP contribution in [0.4, 0.5) is 0 Å². The summed E-state index contributed by atoms with van der Waals surface area (Å²) in [4.78, 5) is 22.7. The summed E-state index contributed by atoms with van der Waals surface area (Å²) >= 11 is 7.10. The summed E-state index contributed by atoms with van der Waals surface area (Å²) in [7, 11) is 0. The Morgan fingerprint density at radius 2 is 2.11 bits per heavy atom. The van der Waals surface area contributed by atoms with E-state index in [1.807, 2.05) is 0 Å². The van der Waals surface area contributed by atoms with Crippen LogP contribution < -0.4 is 5.32 Å². The third-order valence-corrected chi connectivity index (χ3v) is 2.98. The highest BCUT2D eigenvalue weighted by Gasteiger charge is 2.21. The Bertz CT molecular complexity index is 466. The molecule has 0 saturated carbocycles. The van der Waals surface area contributed by atoms with Gasteiger partial charge < -0.3 is 15.5 Å². The van der Waals surface area contributed by atoms with Gasteiger partial charge in [-0.1, -0.05) is 15.9 Å². The number of nitrogens with one attached hydrogen (secondary N) is 1. The van der Waals surface area contributed by atoms with Crippen molar-refractivity contribution in [2.24, 2.45) is 0 Å². The zero-order chi connectivity index (χ0) is 13.7. The molecule has 0 bridgehead atoms. The molecule has 18 heavy (non-hydrogen) atoms. The first kappa shape index (κ1) is 14.8. The number of aromatic hydroxyl groups is 1. The number of phenols is 1. The van der Waals surface area contributed by atoms with Gasteiger partial charge in [0.2, 0.25) is 0 Å². The van der Waals surface area contributed by atoms with Crippen LogP contribution in [0.3, 0.4) is 0 Å². The normalized spacial score (nSPS) is 11.9. The van der Waals surface area contributed by atoms with E-state index in [2.05, 4.69) is 33.9 Å². The highest BCUT2D eigenvalue weighted by atomic mass is 79.9. The molecule has 0 aliphatic rings. The van der Waals surface area contributed by atoms with E-state index in [9.17, 15) is 14.7 Å². The molecule has 1 aromatic carbocycles. The van der Waals surface area contributed by atoms with Crippen LogP contribution >= 0.6 is 28.6 Å². The molecule has 7 heteroatoms. The standard InChI is InChI=1S/C11H12BrNO4S/c12-6-1-2-9(14)7(5-6)10(15)13-8(3-4-18)11(16)17/h1-2,5,8,14,18H,3-4H2,(H,13,15)(H,16,17). The van der Waals surface area contributed by atoms with E-state index < -0.39 is 17.9 Å². The van der Waals surface area contributed by atoms with Crippen LogP contribution in [0.5, 0.6) is 5.75 Å². The summed E-state index contributed by atoms with van der Waals surface area (Å²) in [6, 6.07) is 3.33. The summed E-state index contributed by atoms with van der Waals surface area (Å²) in [6.45, 7) is 0. The van der Waals surface area contributed by atoms with Crippen LogP contribution in [0, 0.1) is 0 Å². The molecular weight excluding hydrogens is 322 g/mol. The van der Waals surface area contributed by atoms with Crippen LogP contribution in [-0.4, -0.2) is 33.9 Å². The Balaban J connectivity index is 2.86. The first-order valence-corrected chi connectivity index (χ1v) is 6.51. The predicted octanol–water partition coefficient (Wildman–Crippen LogP) is 1.66. The van der Waals surface area contributed by atoms with Gasteiger partial charge >= 0.3 is 5.97 Å². The van der Waals surface area contributed by atoms with Gasteiger partial charge in [0.15, 0.2) is 0 Å². The van der Waals surface area contributed by atoms with E-state index in [1.165, 1.54) is 12.1 Å². The summed E-state index contributed by atoms with van der Waals surface area (Å²) in [5.74, 6) is -1.64. The minimum Gasteiger partial charge on any atom is -0.507 e. The average molecular weight is 334 g/mol. The van der Waals surface area contributed by atoms with E-state index in [0.29, 0.717) is 10.2 Å². The lowest BCUT2D eigenvalue weighted by atomic mass is 10.1. The van der Waals surface area contributed by atoms with Crippen molar-refractivity contribution in [1.29, 1.82) is 0 Å². The molecule has 0 aliphatic heterocycles. The topological polar surface area (TPSA) is 86.6 Å². The number of hydrogen-bond donors (Lipinski definition) is 4. The van der Waals surface area contributed by atoms with E-state index >= 15 is 0 Å². The van der Waals surface area contributed by atoms with Crippen molar-refractivity contribution in [3.63, 3.8) is 0 Å². The van der Waals surface area contributed by atoms with Gasteiger partial charge in [-0.05, 0) is 30.4 Å². The average Bonchev–Trinajstić information content (AvgIpc) is 2.31. The summed E-state index contributed by atoms with van der Waals surface area (Å²) in [6.07, 6.45) is 0.207. The van der Waals surface area contributed by atoms with Gasteiger partial charge in [-0.3, -0.25) is 4.79 Å². The van der Waals surface area contributed by atoms with Gasteiger partial charge in [-0.25, -0.2) is 4.79 Å². The molecule has 98 valence electrons. The lowest BCUT2D eigenvalue weighted by Gasteiger charge is -2.14. The molecule has 1 unspecified atom stereocenters. The highest BCUT2D eigenvalue weighted by molar-refractivity contribution is 9.10. The fourth-order valence-corrected chi connectivity index (χ4v) is 1.93. The zero-order valence-electron chi connectivity index (χ0n) is 9.26. The first-order valence-electron chi connectivity index (χ1n) is 5.08. The smallest absolute Gasteiger partial charge is 0.326 e. The summed E-state index contributed by atoms with van der Waals surface area (Å²) < 4.78 is 0.617. The van der Waals surface area contributed by atoms with Crippen LogP contribution in [-0.2, 0) is 4.79 Å². The number of benzene rings is 1. The number of carbonyl (C=O) groups excluding carboxylic acids is 1. The zero-order valence-corrected chi connectivity index (χ0v) is 11.7. The quantitative estimate of drug-likeness (QED) is 0.617. The van der Waals surface area contributed by atoms with Gasteiger partial charge in [-0.15, -0.1) is 0 Å². The molecule has 0 radical (unpaired) electrons. The van der Waals surface area contributed by atoms with Crippen LogP contribution in [0.25, 0.3) is 0 Å². The molecule has 0 aromatic heterocycles. The summed E-state index contributed by atoms with van der Waals surface area (Å²) in [5, 5.41) is 20.8. The molecule has 0 aliphatic carbocycles. The number of thiol groups is 1. The number of phenolic OH excluding ortho intramolecular Hbond substituents is 1. The molecule has 0 fully saturated rings. The number of carboxylic acids is 1. The minimum absolute atomic E-state index is 0.0230. The molecule has 0 saturated heterocycles. The summed E-state index contributed by atoms with van der Waals surface area (Å²) in [5.41, 5.74) is 0.0230. The molecule has 1 rings (SSSR count). The van der Waals surface area contributed by atoms with Crippen molar-refractivity contribution >= 4 is 40.4 Å². The molecule has 1 atom stereocenters. The van der Waals surface area contributed by atoms with Crippen LogP contribution in [0.15, 0.2) is 22.7 Å². The Kier molecular flexibility index (Phi) is 5.49. The van der Waals surface area contributed by atoms with Crippen molar-refractivity contribution < 1.29 is 19.8 Å². The predicted molar refractivity (Wildman–Crippen MR) is 73.2 cm³/mol. The second kappa shape index (κ2) is 6.65. The largest absolute Gasteiger partial charge is 0.507 e. The van der Waals surface area contributed by atoms with E-state index in [-0.39, 0.29) is 17.7 Å². The molecule has 1 amide bonds. The van der Waals surface area contributed by atoms with Gasteiger partial charge in [0.1, 0.15) is 11.8 Å². The SMILES string of the molecule is O=C(NC(CCS)C(=O)O)c1cc(Br)ccc1O. The molecule has 3 N–H and O–H groups in total. The second-order valence-corrected chi connectivity index (χ2v) is 4.90. The maximum absolute atomic E-state index is 11.8. The van der Waals surface area contributed by atoms with E-state index in [1.54, 1.807) is 6.07 Å². The van der Waals surface area contributed by atoms with Gasteiger partial charge in [0, 0.05) is 4.47 Å². The number of hydrogen-bond acceptors (Lipinski definition) is 4.